The number of nitrogens with one attached hydrogen (secondary N) is 2. The Kier molecular flexibility index (Phi) is 1610. The zero-order valence-electron chi connectivity index (χ0n) is 15.6. The van der Waals surface area contributed by atoms with Crippen LogP contribution in [-0.2, 0) is 4.99 Å². The highest BCUT2D eigenvalue weighted by atomic mass is 17.2. The number of rotatable bonds is 3. The van der Waals surface area contributed by atoms with E-state index < -0.39 is 0 Å². The first kappa shape index (κ1) is 92.0. The van der Waals surface area contributed by atoms with Gasteiger partial charge in [0, 0.05) is 0 Å². The van der Waals surface area contributed by atoms with Crippen molar-refractivity contribution in [3.05, 3.63) is 49.1 Å². The Morgan fingerprint density at radius 2 is 0.667 bits per heavy atom. The molecule has 0 saturated heterocycles. The standard InChI is InChI=1S/2CH4.H2N2O3.N2O2.6HNO2.HNO.2H2O/c;;3-1-2-5-4;3-1-2-4;6*2-1-3;1-2;;/h2*1H4;4H,(H,2,3);;6*(H,2,3);1H;2*1H2/p+2. The second-order valence-electron chi connectivity index (χ2n) is 0.927. The van der Waals surface area contributed by atoms with Crippen LogP contribution in [0.5, 0.6) is 0 Å². The van der Waals surface area contributed by atoms with E-state index in [-0.39, 0.29) is 28.7 Å². The highest BCUT2D eigenvalue weighted by Gasteiger charge is 1.59. The molecule has 31 heteroatoms. The summed E-state index contributed by atoms with van der Waals surface area (Å²) in [7, 11) is 0. The van der Waals surface area contributed by atoms with E-state index >= 15 is 0 Å². The van der Waals surface area contributed by atoms with Gasteiger partial charge in [0.25, 0.3) is 0 Å². The summed E-state index contributed by atoms with van der Waals surface area (Å²) in [6, 6.07) is 0. The summed E-state index contributed by atoms with van der Waals surface area (Å²) >= 11 is 0. The van der Waals surface area contributed by atoms with Gasteiger partial charge in [0.05, 0.1) is 5.29 Å². The van der Waals surface area contributed by atoms with Crippen molar-refractivity contribution in [2.45, 2.75) is 14.9 Å². The summed E-state index contributed by atoms with van der Waals surface area (Å²) in [6.07, 6.45) is 0. The Morgan fingerprint density at radius 1 is 0.545 bits per heavy atom. The van der Waals surface area contributed by atoms with E-state index in [1.54, 1.807) is 10.6 Å². The fourth-order valence-corrected chi connectivity index (χ4v) is 0.0167. The second-order valence-corrected chi connectivity index (χ2v) is 0.927. The van der Waals surface area contributed by atoms with Crippen molar-refractivity contribution in [1.29, 1.82) is 5.59 Å². The molecular weight excluding hydrogens is 498 g/mol. The summed E-state index contributed by atoms with van der Waals surface area (Å²) in [6.45, 7) is 0. The fraction of sp³-hybridized carbons (Fsp3) is 1.00. The lowest BCUT2D eigenvalue weighted by atomic mass is 12.0. The molecule has 0 aromatic heterocycles. The van der Waals surface area contributed by atoms with Gasteiger partial charge in [-0.15, -0.1) is 49.8 Å². The molecule has 0 unspecified atom stereocenters. The van der Waals surface area contributed by atoms with Crippen molar-refractivity contribution in [1.82, 2.24) is 5.59 Å². The second kappa shape index (κ2) is 578. The lowest BCUT2D eigenvalue weighted by Crippen LogP contribution is -1.98. The SMILES string of the molecule is C.C.N=O.O.O.O=NN=O.O=NNOO.O=NO.O=NO.O=NO.O=NO.O=NO.O=NO.[H+].[H+]. The molecule has 0 aliphatic carbocycles. The molecule has 0 spiro atoms. The van der Waals surface area contributed by atoms with Crippen molar-refractivity contribution < 1.29 is 55.3 Å². The van der Waals surface area contributed by atoms with Gasteiger partial charge < -0.3 is 42.2 Å². The zero-order chi connectivity index (χ0) is 25.8. The van der Waals surface area contributed by atoms with Gasteiger partial charge in [0.1, 0.15) is 10.6 Å². The highest BCUT2D eigenvalue weighted by molar-refractivity contribution is 4.11. The van der Waals surface area contributed by atoms with Gasteiger partial charge in [0.15, 0.2) is 32.0 Å². The molecular formula is C2H23N11O20+2. The predicted octanol–water partition coefficient (Wildman–Crippen LogP) is 1.13. The van der Waals surface area contributed by atoms with Crippen molar-refractivity contribution in [3.8, 4) is 0 Å². The molecule has 0 saturated carbocycles. The zero-order valence-corrected chi connectivity index (χ0v) is 13.6. The molecule has 0 fully saturated rings. The largest absolute Gasteiger partial charge is 1.00 e. The molecule has 0 bridgehead atoms. The van der Waals surface area contributed by atoms with Crippen LogP contribution in [0.25, 0.3) is 0 Å². The molecule has 33 heavy (non-hydrogen) atoms. The lowest BCUT2D eigenvalue weighted by molar-refractivity contribution is -0.292. The Hall–Kier alpha value is -5.56. The maximum Gasteiger partial charge on any atom is 1.00 e. The van der Waals surface area contributed by atoms with Crippen LogP contribution in [0.2, 0.25) is 0 Å². The van der Waals surface area contributed by atoms with Crippen LogP contribution in [0.1, 0.15) is 17.7 Å². The molecule has 0 aliphatic rings. The number of nitrogens with zero attached hydrogens (tertiary/aromatic N) is 9. The Bertz CT molecular complexity index is 275. The van der Waals surface area contributed by atoms with Gasteiger partial charge in [0.2, 0.25) is 0 Å². The van der Waals surface area contributed by atoms with E-state index in [9.17, 15) is 0 Å². The van der Waals surface area contributed by atoms with E-state index in [2.05, 4.69) is 10.6 Å². The van der Waals surface area contributed by atoms with Crippen LogP contribution in [0.3, 0.4) is 0 Å². The van der Waals surface area contributed by atoms with Crippen molar-refractivity contribution in [2.75, 3.05) is 0 Å². The molecule has 0 aromatic rings. The molecule has 0 radical (unpaired) electrons. The molecule has 0 atom stereocenters. The maximum absolute atomic E-state index is 8.76. The van der Waals surface area contributed by atoms with Crippen LogP contribution >= 0.6 is 0 Å². The summed E-state index contributed by atoms with van der Waals surface area (Å²) in [5, 5.41) is 59.5. The fourth-order valence-electron chi connectivity index (χ4n) is 0.0167. The molecule has 204 valence electrons. The highest BCUT2D eigenvalue weighted by Crippen LogP contribution is 1.52. The van der Waals surface area contributed by atoms with Crippen LogP contribution < -0.4 is 5.59 Å². The predicted molar refractivity (Wildman–Crippen MR) is 98.7 cm³/mol. The third-order valence-electron chi connectivity index (χ3n) is 0.111. The van der Waals surface area contributed by atoms with E-state index in [0.29, 0.717) is 0 Å². The summed E-state index contributed by atoms with van der Waals surface area (Å²) in [5.74, 6) is 0. The quantitative estimate of drug-likeness (QED) is 0.142. The van der Waals surface area contributed by atoms with Gasteiger partial charge in [-0.3, -0.25) is 0 Å². The van der Waals surface area contributed by atoms with Crippen molar-refractivity contribution in [2.24, 2.45) is 47.9 Å². The summed E-state index contributed by atoms with van der Waals surface area (Å²) in [4.78, 5) is 84.8. The van der Waals surface area contributed by atoms with E-state index in [1.165, 1.54) is 37.6 Å². The van der Waals surface area contributed by atoms with Crippen LogP contribution in [0, 0.1) is 54.7 Å². The van der Waals surface area contributed by atoms with Gasteiger partial charge in [-0.25, -0.2) is 5.26 Å². The van der Waals surface area contributed by atoms with Gasteiger partial charge in [-0.2, -0.15) is 4.91 Å². The first-order valence-electron chi connectivity index (χ1n) is 3.86. The Labute approximate surface area is 180 Å². The molecule has 0 amide bonds. The van der Waals surface area contributed by atoms with Gasteiger partial charge in [-0.05, 0) is 0 Å². The lowest BCUT2D eigenvalue weighted by Gasteiger charge is -1.76. The Balaban J connectivity index is -0.00000000978. The first-order chi connectivity index (χ1) is 13.8. The minimum absolute atomic E-state index is 0. The minimum Gasteiger partial charge on any atom is -0.412 e. The Morgan fingerprint density at radius 3 is 0.667 bits per heavy atom. The minimum atomic E-state index is 0. The average molecular weight is 521 g/mol. The monoisotopic (exact) mass is 521 g/mol. The topological polar surface area (TPSA) is 532 Å². The summed E-state index contributed by atoms with van der Waals surface area (Å²) in [5.41, 5.74) is 5.74. The van der Waals surface area contributed by atoms with Gasteiger partial charge in [-0.1, -0.05) is 25.4 Å². The third-order valence-corrected chi connectivity index (χ3v) is 0.111. The average Bonchev–Trinajstić information content (AvgIpc) is 2.68. The normalized spacial score (nSPS) is 3.91. The van der Waals surface area contributed by atoms with Crippen LogP contribution in [0.4, 0.5) is 0 Å². The van der Waals surface area contributed by atoms with E-state index in [0.717, 1.165) is 0 Å². The number of hydrogen-bond acceptors (Lipinski definition) is 20. The molecule has 0 aliphatic heterocycles. The first-order valence-corrected chi connectivity index (χ1v) is 3.86. The van der Waals surface area contributed by atoms with Crippen LogP contribution in [-0.4, -0.2) is 47.5 Å². The third kappa shape index (κ3) is 2410. The summed E-state index contributed by atoms with van der Waals surface area (Å²) < 4.78 is 0. The molecule has 0 rings (SSSR count). The molecule has 0 aromatic carbocycles. The molecule has 31 nitrogen and oxygen atoms in total. The number of hydrogen-bond donors (Lipinski definition) is 9. The maximum atomic E-state index is 8.76. The molecule has 0 heterocycles. The number of nitroso groups, excluding NO2 is 4. The van der Waals surface area contributed by atoms with Crippen molar-refractivity contribution in [3.63, 3.8) is 0 Å². The van der Waals surface area contributed by atoms with E-state index in [4.69, 9.17) is 85.6 Å². The molecule has 13 N–H and O–H groups in total. The van der Waals surface area contributed by atoms with Crippen LogP contribution in [0.15, 0.2) is 47.9 Å². The van der Waals surface area contributed by atoms with E-state index in [1.807, 2.05) is 5.29 Å². The van der Waals surface area contributed by atoms with Gasteiger partial charge >= 0.3 is 2.85 Å². The smallest absolute Gasteiger partial charge is 0.412 e. The van der Waals surface area contributed by atoms with Crippen molar-refractivity contribution >= 4 is 0 Å².